The molecule has 88 heavy (non-hydrogen) atoms. The van der Waals surface area contributed by atoms with Gasteiger partial charge < -0.3 is 97.0 Å². The van der Waals surface area contributed by atoms with Crippen LogP contribution in [-0.2, 0) is 52.3 Å². The van der Waals surface area contributed by atoms with E-state index in [-0.39, 0.29) is 62.4 Å². The molecule has 0 aromatic carbocycles. The summed E-state index contributed by atoms with van der Waals surface area (Å²) < 4.78 is 41.6. The summed E-state index contributed by atoms with van der Waals surface area (Å²) in [4.78, 5) is 109. The lowest BCUT2D eigenvalue weighted by molar-refractivity contribution is -0.139. The average Bonchev–Trinajstić information content (AvgIpc) is 3.30. The fraction of sp³-hybridized carbons (Fsp3) is 0.850. The van der Waals surface area contributed by atoms with E-state index in [1.54, 1.807) is 125 Å². The summed E-state index contributed by atoms with van der Waals surface area (Å²) in [6.07, 6.45) is 0.271. The Kier molecular flexibility index (Phi) is 54.0. The molecule has 0 saturated heterocycles. The molecule has 8 amide bonds. The Morgan fingerprint density at radius 2 is 0.557 bits per heavy atom. The summed E-state index contributed by atoms with van der Waals surface area (Å²) in [5, 5.41) is 30.1. The molecule has 13 N–H and O–H groups in total. The summed E-state index contributed by atoms with van der Waals surface area (Å²) in [7, 11) is 0. The Labute approximate surface area is 529 Å². The van der Waals surface area contributed by atoms with Gasteiger partial charge in [0.1, 0.15) is 51.7 Å². The van der Waals surface area contributed by atoms with Crippen LogP contribution in [0.4, 0.5) is 28.8 Å². The monoisotopic (exact) mass is 1270 g/mol. The second-order valence-corrected chi connectivity index (χ2v) is 25.1. The van der Waals surface area contributed by atoms with E-state index in [0.29, 0.717) is 97.3 Å². The fourth-order valence-electron chi connectivity index (χ4n) is 6.19. The van der Waals surface area contributed by atoms with Gasteiger partial charge in [-0.25, -0.2) is 33.6 Å². The van der Waals surface area contributed by atoms with Crippen LogP contribution in [0, 0.1) is 0 Å². The van der Waals surface area contributed by atoms with Gasteiger partial charge in [-0.2, -0.15) is 0 Å². The minimum atomic E-state index is -1.12. The van der Waals surface area contributed by atoms with Crippen LogP contribution >= 0.6 is 0 Å². The number of unbranched alkanes of at least 4 members (excludes halogenated alkanes) is 3. The molecule has 0 aromatic rings. The van der Waals surface area contributed by atoms with Gasteiger partial charge >= 0.3 is 42.5 Å². The zero-order chi connectivity index (χ0) is 65.4. The van der Waals surface area contributed by atoms with Crippen LogP contribution in [0.3, 0.4) is 0 Å². The van der Waals surface area contributed by atoms with Crippen LogP contribution in [0.15, 0.2) is 0 Å². The lowest BCUT2D eigenvalue weighted by atomic mass is 10.1. The lowest BCUT2D eigenvalue weighted by Crippen LogP contribution is -2.49. The van der Waals surface area contributed by atoms with Crippen LogP contribution in [0.25, 0.3) is 0 Å². The Morgan fingerprint density at radius 1 is 0.330 bits per heavy atom. The number of carboxylic acids is 1. The highest BCUT2D eigenvalue weighted by Crippen LogP contribution is 2.13. The summed E-state index contributed by atoms with van der Waals surface area (Å²) in [6.45, 7) is 35.3. The summed E-state index contributed by atoms with van der Waals surface area (Å²) in [6, 6.07) is -2.79. The number of rotatable bonds is 31. The van der Waals surface area contributed by atoms with Crippen molar-refractivity contribution in [3.63, 3.8) is 0 Å². The first kappa shape index (κ1) is 95.5. The van der Waals surface area contributed by atoms with E-state index < -0.39 is 106 Å². The quantitative estimate of drug-likeness (QED) is 0.0229. The van der Waals surface area contributed by atoms with E-state index in [4.69, 9.17) is 54.5 Å². The molecule has 3 unspecified atom stereocenters. The number of ether oxygens (including phenoxy) is 8. The molecular weight excluding hydrogens is 1150 g/mol. The van der Waals surface area contributed by atoms with Crippen LogP contribution in [0.2, 0.25) is 0 Å². The van der Waals surface area contributed by atoms with Gasteiger partial charge in [-0.05, 0) is 182 Å². The first-order chi connectivity index (χ1) is 38.5. The van der Waals surface area contributed by atoms with Gasteiger partial charge in [-0.3, -0.25) is 9.59 Å². The van der Waals surface area contributed by atoms with E-state index in [1.807, 2.05) is 0 Å². The molecule has 3 atom stereocenters. The molecule has 524 valence electrons. The smallest absolute Gasteiger partial charge is 0.408 e. The highest BCUT2D eigenvalue weighted by atomic mass is 16.6. The predicted octanol–water partition coefficient (Wildman–Crippen LogP) is 8.54. The molecule has 0 bridgehead atoms. The number of carboxylic acid groups (broad SMARTS) is 1. The normalized spacial score (nSPS) is 12.1. The number of carbonyl (C=O) groups excluding carboxylic acids is 8. The zero-order valence-electron chi connectivity index (χ0n) is 53.9. The number of nitrogens with two attached hydrogens (primary N) is 2. The summed E-state index contributed by atoms with van der Waals surface area (Å²) in [5.41, 5.74) is 6.23. The second kappa shape index (κ2) is 49.7. The van der Waals surface area contributed by atoms with Gasteiger partial charge in [-0.1, -0.05) is 29.7 Å². The third-order valence-electron chi connectivity index (χ3n) is 9.38. The van der Waals surface area contributed by atoms with Gasteiger partial charge in [-0.15, -0.1) is 0 Å². The number of amides is 8. The molecule has 0 aliphatic carbocycles. The van der Waals surface area contributed by atoms with E-state index in [9.17, 15) is 43.2 Å². The highest BCUT2D eigenvalue weighted by molar-refractivity contribution is 5.86. The van der Waals surface area contributed by atoms with Crippen molar-refractivity contribution in [1.29, 1.82) is 0 Å². The summed E-state index contributed by atoms with van der Waals surface area (Å²) in [5.74, 6) is -1.98. The topological polar surface area (TPSA) is 396 Å². The molecule has 0 radical (unpaired) electrons. The van der Waals surface area contributed by atoms with Crippen LogP contribution in [-0.4, -0.2) is 183 Å². The summed E-state index contributed by atoms with van der Waals surface area (Å²) >= 11 is 0. The largest absolute Gasteiger partial charge is 0.480 e. The van der Waals surface area contributed by atoms with Crippen LogP contribution in [0.5, 0.6) is 0 Å². The van der Waals surface area contributed by atoms with E-state index >= 15 is 0 Å². The molecule has 28 heteroatoms. The third-order valence-corrected chi connectivity index (χ3v) is 9.38. The minimum Gasteiger partial charge on any atom is -0.480 e. The van der Waals surface area contributed by atoms with Crippen LogP contribution in [0.1, 0.15) is 212 Å². The van der Waals surface area contributed by atoms with E-state index in [2.05, 4.69) is 42.5 Å². The minimum absolute atomic E-state index is 0. The SMILES string of the molecule is C.C.C.C.CC(C)(C)OC(=O)NCCCCC(NC(=O)OC(C)(C)C)C(=O)NCCOCCNC(=O)C(CCCCNC(=O)OC(C)(C)C)NC(=O)OC(C)(C)C.CC(C)(C)OC(=O)NCCCCC(NC(=O)OC(C)(C)C)C(=O)O.NCCOCCN. The Bertz CT molecular complexity index is 1830. The van der Waals surface area contributed by atoms with Crippen molar-refractivity contribution in [2.45, 2.75) is 264 Å². The number of hydrogen-bond donors (Lipinski definition) is 11. The lowest BCUT2D eigenvalue weighted by Gasteiger charge is -2.23. The first-order valence-corrected chi connectivity index (χ1v) is 28.7. The number of aliphatic carboxylic acids is 1. The van der Waals surface area contributed by atoms with Crippen molar-refractivity contribution in [2.75, 3.05) is 72.2 Å². The zero-order valence-corrected chi connectivity index (χ0v) is 53.9. The maximum absolute atomic E-state index is 13.0. The Hall–Kier alpha value is -6.13. The fourth-order valence-corrected chi connectivity index (χ4v) is 6.19. The first-order valence-electron chi connectivity index (χ1n) is 28.7. The van der Waals surface area contributed by atoms with E-state index in [1.165, 1.54) is 0 Å². The second-order valence-electron chi connectivity index (χ2n) is 25.1. The van der Waals surface area contributed by atoms with Gasteiger partial charge in [0, 0.05) is 45.8 Å². The van der Waals surface area contributed by atoms with Crippen molar-refractivity contribution in [3.05, 3.63) is 0 Å². The molecule has 0 saturated carbocycles. The maximum atomic E-state index is 13.0. The van der Waals surface area contributed by atoms with Gasteiger partial charge in [0.25, 0.3) is 0 Å². The number of alkyl carbamates (subject to hydrolysis) is 6. The average molecular weight is 1280 g/mol. The van der Waals surface area contributed by atoms with Crippen molar-refractivity contribution < 1.29 is 86.2 Å². The number of hydrogen-bond acceptors (Lipinski definition) is 19. The van der Waals surface area contributed by atoms with Crippen molar-refractivity contribution in [1.82, 2.24) is 42.5 Å². The van der Waals surface area contributed by atoms with Crippen LogP contribution < -0.4 is 54.0 Å². The van der Waals surface area contributed by atoms with Gasteiger partial charge in [0.05, 0.1) is 26.4 Å². The molecule has 0 rings (SSSR count). The Morgan fingerprint density at radius 3 is 0.795 bits per heavy atom. The van der Waals surface area contributed by atoms with E-state index in [0.717, 1.165) is 0 Å². The maximum Gasteiger partial charge on any atom is 0.408 e. The standard InChI is InChI=1S/C36H68N6O11.C16H30N2O6.C4H12N2O.4CH4/c1-33(2,3)50-29(45)39-19-15-13-17-25(41-31(47)52-35(7,8)9)27(43)37-21-23-49-24-22-38-28(44)26(42-32(48)53-36(10,11)12)18-14-16-20-40-30(46)51-34(4,5)6;1-15(2,3)23-13(21)17-10-8-7-9-11(12(19)20)18-14(22)24-16(4,5)6;5-1-3-7-4-2-6;;;;/h25-26H,13-24H2,1-12H3,(H,37,43)(H,38,44)(H,39,45)(H,40,46)(H,41,47)(H,42,48);11H,7-10H2,1-6H3,(H,17,21)(H,18,22)(H,19,20);1-6H2;4*1H4. The third kappa shape index (κ3) is 67.4. The molecule has 0 aliphatic heterocycles. The molecule has 0 aromatic heterocycles. The van der Waals surface area contributed by atoms with Crippen molar-refractivity contribution >= 4 is 54.3 Å². The van der Waals surface area contributed by atoms with Crippen molar-refractivity contribution in [3.8, 4) is 0 Å². The molecule has 0 fully saturated rings. The molecule has 28 nitrogen and oxygen atoms in total. The number of carbonyl (C=O) groups is 9. The highest BCUT2D eigenvalue weighted by Gasteiger charge is 2.27. The van der Waals surface area contributed by atoms with Gasteiger partial charge in [0.2, 0.25) is 11.8 Å². The Balaban J connectivity index is -0.000000311. The molecule has 0 spiro atoms. The molecular formula is C60H126N10O18. The van der Waals surface area contributed by atoms with Gasteiger partial charge in [0.15, 0.2) is 0 Å². The van der Waals surface area contributed by atoms with Crippen molar-refractivity contribution in [2.24, 2.45) is 11.5 Å². The molecule has 0 aliphatic rings. The molecule has 0 heterocycles. The number of nitrogens with one attached hydrogen (secondary N) is 8. The predicted molar refractivity (Wildman–Crippen MR) is 344 cm³/mol.